The lowest BCUT2D eigenvalue weighted by Gasteiger charge is -2.38. The largest absolute Gasteiger partial charge is 0.493 e. The molecule has 0 saturated heterocycles. The number of nitriles is 1. The van der Waals surface area contributed by atoms with Gasteiger partial charge in [-0.2, -0.15) is 5.26 Å². The van der Waals surface area contributed by atoms with Gasteiger partial charge in [-0.15, -0.1) is 0 Å². The Morgan fingerprint density at radius 3 is 2.15 bits per heavy atom. The molecule has 2 aliphatic carbocycles. The summed E-state index contributed by atoms with van der Waals surface area (Å²) in [7, 11) is 1.63. The van der Waals surface area contributed by atoms with E-state index in [4.69, 9.17) is 9.47 Å². The Balaban J connectivity index is 1.36. The summed E-state index contributed by atoms with van der Waals surface area (Å²) < 4.78 is 11.8. The molecule has 0 spiro atoms. The van der Waals surface area contributed by atoms with Crippen LogP contribution in [0.25, 0.3) is 0 Å². The van der Waals surface area contributed by atoms with Crippen LogP contribution >= 0.6 is 0 Å². The lowest BCUT2D eigenvalue weighted by atomic mass is 9.69. The number of methoxy groups -OCH3 is 1. The molecule has 1 aliphatic heterocycles. The fourth-order valence-electron chi connectivity index (χ4n) is 5.61. The molecule has 0 radical (unpaired) electrons. The van der Waals surface area contributed by atoms with Crippen LogP contribution in [0, 0.1) is 11.3 Å². The van der Waals surface area contributed by atoms with Crippen LogP contribution in [-0.2, 0) is 5.41 Å². The van der Waals surface area contributed by atoms with Crippen LogP contribution < -0.4 is 9.47 Å². The van der Waals surface area contributed by atoms with Gasteiger partial charge in [0.1, 0.15) is 0 Å². The number of rotatable bonds is 5. The van der Waals surface area contributed by atoms with Gasteiger partial charge in [-0.1, -0.05) is 18.2 Å². The molecule has 33 heavy (non-hydrogen) atoms. The van der Waals surface area contributed by atoms with Crippen molar-refractivity contribution >= 4 is 11.8 Å². The van der Waals surface area contributed by atoms with Crippen molar-refractivity contribution < 1.29 is 19.1 Å². The number of amides is 2. The van der Waals surface area contributed by atoms with E-state index in [-0.39, 0.29) is 24.0 Å². The second-order valence-corrected chi connectivity index (χ2v) is 9.34. The molecule has 0 aromatic heterocycles. The first-order chi connectivity index (χ1) is 16.1. The standard InChI is InChI=1S/C27H28N2O4/c1-32-23-11-10-18(16-24(23)33-20-6-2-3-7-20)27(17-28)14-12-19(13-15-27)29-25(30)21-8-4-5-9-22(21)26(29)31/h4-5,8-11,16,19-20H,2-3,6-7,12-15H2,1H3. The van der Waals surface area contributed by atoms with E-state index in [0.29, 0.717) is 48.3 Å². The second kappa shape index (κ2) is 8.55. The van der Waals surface area contributed by atoms with Crippen LogP contribution in [0.15, 0.2) is 42.5 Å². The van der Waals surface area contributed by atoms with E-state index in [1.807, 2.05) is 18.2 Å². The molecule has 0 bridgehead atoms. The number of imide groups is 1. The molecular weight excluding hydrogens is 416 g/mol. The quantitative estimate of drug-likeness (QED) is 0.605. The van der Waals surface area contributed by atoms with E-state index in [2.05, 4.69) is 6.07 Å². The van der Waals surface area contributed by atoms with Crippen LogP contribution in [0.5, 0.6) is 11.5 Å². The van der Waals surface area contributed by atoms with Gasteiger partial charge in [-0.25, -0.2) is 0 Å². The summed E-state index contributed by atoms with van der Waals surface area (Å²) in [5.41, 5.74) is 1.20. The van der Waals surface area contributed by atoms with Gasteiger partial charge >= 0.3 is 0 Å². The molecule has 2 amide bonds. The maximum absolute atomic E-state index is 12.9. The molecule has 1 heterocycles. The maximum atomic E-state index is 12.9. The predicted molar refractivity (Wildman–Crippen MR) is 122 cm³/mol. The Morgan fingerprint density at radius 1 is 0.939 bits per heavy atom. The molecular formula is C27H28N2O4. The van der Waals surface area contributed by atoms with E-state index in [9.17, 15) is 14.9 Å². The SMILES string of the molecule is COc1ccc(C2(C#N)CCC(N3C(=O)c4ccccc4C3=O)CC2)cc1OC1CCCC1. The van der Waals surface area contributed by atoms with E-state index < -0.39 is 5.41 Å². The van der Waals surface area contributed by atoms with Gasteiger partial charge in [0.05, 0.1) is 35.8 Å². The van der Waals surface area contributed by atoms with Gasteiger partial charge < -0.3 is 9.47 Å². The van der Waals surface area contributed by atoms with Crippen molar-refractivity contribution in [3.8, 4) is 17.6 Å². The molecule has 0 N–H and O–H groups in total. The molecule has 170 valence electrons. The number of carbonyl (C=O) groups excluding carboxylic acids is 2. The Morgan fingerprint density at radius 2 is 1.58 bits per heavy atom. The van der Waals surface area contributed by atoms with E-state index in [0.717, 1.165) is 18.4 Å². The van der Waals surface area contributed by atoms with Crippen LogP contribution in [0.2, 0.25) is 0 Å². The third-order valence-electron chi connectivity index (χ3n) is 7.53. The Bertz CT molecular complexity index is 1090. The summed E-state index contributed by atoms with van der Waals surface area (Å²) in [6.07, 6.45) is 6.98. The highest BCUT2D eigenvalue weighted by molar-refractivity contribution is 6.21. The summed E-state index contributed by atoms with van der Waals surface area (Å²) in [5.74, 6) is 0.931. The number of hydrogen-bond acceptors (Lipinski definition) is 5. The monoisotopic (exact) mass is 444 g/mol. The fourth-order valence-corrected chi connectivity index (χ4v) is 5.61. The summed E-state index contributed by atoms with van der Waals surface area (Å²) in [4.78, 5) is 27.2. The van der Waals surface area contributed by atoms with Crippen LogP contribution in [0.3, 0.4) is 0 Å². The lowest BCUT2D eigenvalue weighted by molar-refractivity contribution is 0.0530. The first kappa shape index (κ1) is 21.5. The van der Waals surface area contributed by atoms with Gasteiger partial charge in [-0.3, -0.25) is 14.5 Å². The average molecular weight is 445 g/mol. The zero-order valence-electron chi connectivity index (χ0n) is 18.9. The van der Waals surface area contributed by atoms with Crippen molar-refractivity contribution in [3.63, 3.8) is 0 Å². The molecule has 2 aromatic carbocycles. The number of nitrogens with zero attached hydrogens (tertiary/aromatic N) is 2. The molecule has 2 aromatic rings. The van der Waals surface area contributed by atoms with Crippen LogP contribution in [-0.4, -0.2) is 36.0 Å². The van der Waals surface area contributed by atoms with Crippen LogP contribution in [0.4, 0.5) is 0 Å². The molecule has 2 fully saturated rings. The number of hydrogen-bond donors (Lipinski definition) is 0. The normalized spacial score (nSPS) is 25.1. The summed E-state index contributed by atoms with van der Waals surface area (Å²) in [5, 5.41) is 10.2. The van der Waals surface area contributed by atoms with Crippen molar-refractivity contribution in [2.45, 2.75) is 68.9 Å². The fraction of sp³-hybridized carbons (Fsp3) is 0.444. The molecule has 3 aliphatic rings. The third-order valence-corrected chi connectivity index (χ3v) is 7.53. The van der Waals surface area contributed by atoms with Gasteiger partial charge in [0, 0.05) is 6.04 Å². The van der Waals surface area contributed by atoms with E-state index in [1.165, 1.54) is 17.7 Å². The molecule has 6 nitrogen and oxygen atoms in total. The van der Waals surface area contributed by atoms with Gasteiger partial charge in [0.15, 0.2) is 11.5 Å². The minimum atomic E-state index is -0.671. The van der Waals surface area contributed by atoms with Crippen molar-refractivity contribution in [1.82, 2.24) is 4.90 Å². The van der Waals surface area contributed by atoms with Crippen LogP contribution in [0.1, 0.15) is 77.6 Å². The van der Waals surface area contributed by atoms with Crippen molar-refractivity contribution in [1.29, 1.82) is 5.26 Å². The van der Waals surface area contributed by atoms with Gasteiger partial charge in [0.2, 0.25) is 0 Å². The van der Waals surface area contributed by atoms with E-state index >= 15 is 0 Å². The number of benzene rings is 2. The topological polar surface area (TPSA) is 79.6 Å². The third kappa shape index (κ3) is 3.66. The Kier molecular flexibility index (Phi) is 5.57. The molecule has 0 atom stereocenters. The average Bonchev–Trinajstić information content (AvgIpc) is 3.46. The molecule has 6 heteroatoms. The van der Waals surface area contributed by atoms with Crippen molar-refractivity contribution in [2.24, 2.45) is 0 Å². The predicted octanol–water partition coefficient (Wildman–Crippen LogP) is 5.02. The van der Waals surface area contributed by atoms with Gasteiger partial charge in [0.25, 0.3) is 11.8 Å². The summed E-state index contributed by atoms with van der Waals surface area (Å²) >= 11 is 0. The zero-order chi connectivity index (χ0) is 23.0. The Labute approximate surface area is 194 Å². The zero-order valence-corrected chi connectivity index (χ0v) is 18.9. The molecule has 5 rings (SSSR count). The smallest absolute Gasteiger partial charge is 0.261 e. The van der Waals surface area contributed by atoms with Crippen molar-refractivity contribution in [2.75, 3.05) is 7.11 Å². The Hall–Kier alpha value is -3.33. The number of fused-ring (bicyclic) bond motifs is 1. The lowest BCUT2D eigenvalue weighted by Crippen LogP contribution is -2.44. The summed E-state index contributed by atoms with van der Waals surface area (Å²) in [6, 6.07) is 15.1. The first-order valence-electron chi connectivity index (χ1n) is 11.8. The molecule has 2 saturated carbocycles. The highest BCUT2D eigenvalue weighted by Gasteiger charge is 2.45. The highest BCUT2D eigenvalue weighted by Crippen LogP contribution is 2.44. The van der Waals surface area contributed by atoms with Crippen molar-refractivity contribution in [3.05, 3.63) is 59.2 Å². The minimum absolute atomic E-state index is 0.189. The second-order valence-electron chi connectivity index (χ2n) is 9.34. The number of ether oxygens (including phenoxy) is 2. The first-order valence-corrected chi connectivity index (χ1v) is 11.8. The summed E-state index contributed by atoms with van der Waals surface area (Å²) in [6.45, 7) is 0. The highest BCUT2D eigenvalue weighted by atomic mass is 16.5. The van der Waals surface area contributed by atoms with Gasteiger partial charge in [-0.05, 0) is 81.2 Å². The maximum Gasteiger partial charge on any atom is 0.261 e. The number of carbonyl (C=O) groups is 2. The van der Waals surface area contributed by atoms with E-state index in [1.54, 1.807) is 31.4 Å². The minimum Gasteiger partial charge on any atom is -0.493 e. The molecule has 0 unspecified atom stereocenters.